The van der Waals surface area contributed by atoms with Gasteiger partial charge in [-0.05, 0) is 19.1 Å². The fourth-order valence-corrected chi connectivity index (χ4v) is 2.19. The monoisotopic (exact) mass is 261 g/mol. The summed E-state index contributed by atoms with van der Waals surface area (Å²) in [5.41, 5.74) is 0.939. The Morgan fingerprint density at radius 3 is 2.83 bits per heavy atom. The van der Waals surface area contributed by atoms with E-state index in [1.165, 1.54) is 0 Å². The van der Waals surface area contributed by atoms with E-state index in [2.05, 4.69) is 15.6 Å². The zero-order valence-corrected chi connectivity index (χ0v) is 10.9. The van der Waals surface area contributed by atoms with Crippen LogP contribution < -0.4 is 10.6 Å². The van der Waals surface area contributed by atoms with Gasteiger partial charge < -0.3 is 10.6 Å². The van der Waals surface area contributed by atoms with Crippen LogP contribution >= 0.6 is 11.3 Å². The van der Waals surface area contributed by atoms with Gasteiger partial charge in [0.15, 0.2) is 0 Å². The van der Waals surface area contributed by atoms with Crippen LogP contribution in [-0.4, -0.2) is 17.4 Å². The summed E-state index contributed by atoms with van der Waals surface area (Å²) in [5.74, 6) is -0.0402. The molecule has 0 saturated heterocycles. The van der Waals surface area contributed by atoms with Crippen molar-refractivity contribution in [3.63, 3.8) is 0 Å². The molecule has 5 heteroatoms. The van der Waals surface area contributed by atoms with Gasteiger partial charge in [0.2, 0.25) is 5.91 Å². The highest BCUT2D eigenvalue weighted by Crippen LogP contribution is 2.14. The maximum atomic E-state index is 11.7. The number of para-hydroxylation sites is 1. The van der Waals surface area contributed by atoms with Crippen molar-refractivity contribution in [2.75, 3.05) is 11.9 Å². The van der Waals surface area contributed by atoms with Gasteiger partial charge in [0.05, 0.1) is 12.6 Å². The van der Waals surface area contributed by atoms with E-state index in [-0.39, 0.29) is 18.5 Å². The van der Waals surface area contributed by atoms with Crippen LogP contribution in [0.4, 0.5) is 5.69 Å². The third-order valence-corrected chi connectivity index (χ3v) is 3.38. The molecule has 2 N–H and O–H groups in total. The number of carbonyl (C=O) groups is 1. The standard InChI is InChI=1S/C13H15N3OS/c1-10(13-14-7-8-18-13)16-12(17)9-15-11-5-3-2-4-6-11/h2-8,10,15H,9H2,1H3,(H,16,17). The number of anilines is 1. The van der Waals surface area contributed by atoms with E-state index >= 15 is 0 Å². The third-order valence-electron chi connectivity index (χ3n) is 2.43. The Kier molecular flexibility index (Phi) is 4.30. The van der Waals surface area contributed by atoms with Crippen molar-refractivity contribution >= 4 is 22.9 Å². The lowest BCUT2D eigenvalue weighted by atomic mass is 10.3. The predicted molar refractivity (Wildman–Crippen MR) is 73.6 cm³/mol. The van der Waals surface area contributed by atoms with E-state index in [0.717, 1.165) is 10.7 Å². The molecule has 0 bridgehead atoms. The Balaban J connectivity index is 1.79. The van der Waals surface area contributed by atoms with Crippen molar-refractivity contribution in [2.45, 2.75) is 13.0 Å². The largest absolute Gasteiger partial charge is 0.376 e. The van der Waals surface area contributed by atoms with Gasteiger partial charge >= 0.3 is 0 Å². The van der Waals surface area contributed by atoms with Gasteiger partial charge in [-0.3, -0.25) is 4.79 Å². The van der Waals surface area contributed by atoms with Crippen molar-refractivity contribution in [1.29, 1.82) is 0 Å². The summed E-state index contributed by atoms with van der Waals surface area (Å²) in [5, 5.41) is 8.79. The number of benzene rings is 1. The van der Waals surface area contributed by atoms with E-state index in [4.69, 9.17) is 0 Å². The van der Waals surface area contributed by atoms with E-state index in [1.54, 1.807) is 17.5 Å². The quantitative estimate of drug-likeness (QED) is 0.869. The summed E-state index contributed by atoms with van der Waals surface area (Å²) in [6, 6.07) is 9.61. The van der Waals surface area contributed by atoms with Crippen molar-refractivity contribution in [3.05, 3.63) is 46.9 Å². The molecule has 0 aliphatic rings. The minimum Gasteiger partial charge on any atom is -0.376 e. The second-order valence-electron chi connectivity index (χ2n) is 3.88. The summed E-state index contributed by atoms with van der Waals surface area (Å²) in [6.07, 6.45) is 1.74. The molecule has 1 aromatic carbocycles. The minimum atomic E-state index is -0.0462. The Morgan fingerprint density at radius 1 is 1.39 bits per heavy atom. The molecule has 0 aliphatic carbocycles. The molecule has 0 spiro atoms. The molecule has 1 heterocycles. The van der Waals surface area contributed by atoms with Gasteiger partial charge in [-0.15, -0.1) is 11.3 Å². The number of nitrogens with one attached hydrogen (secondary N) is 2. The molecule has 1 aromatic heterocycles. The maximum Gasteiger partial charge on any atom is 0.239 e. The summed E-state index contributed by atoms with van der Waals surface area (Å²) in [7, 11) is 0. The molecule has 1 unspecified atom stereocenters. The molecule has 2 aromatic rings. The summed E-state index contributed by atoms with van der Waals surface area (Å²) < 4.78 is 0. The molecule has 1 atom stereocenters. The van der Waals surface area contributed by atoms with Gasteiger partial charge in [0.25, 0.3) is 0 Å². The van der Waals surface area contributed by atoms with Crippen molar-refractivity contribution < 1.29 is 4.79 Å². The number of thiazole rings is 1. The van der Waals surface area contributed by atoms with Crippen LogP contribution in [0.3, 0.4) is 0 Å². The first-order valence-electron chi connectivity index (χ1n) is 5.73. The first-order valence-corrected chi connectivity index (χ1v) is 6.61. The minimum absolute atomic E-state index is 0.0402. The first kappa shape index (κ1) is 12.6. The second-order valence-corrected chi connectivity index (χ2v) is 4.81. The molecule has 2 rings (SSSR count). The van der Waals surface area contributed by atoms with Crippen LogP contribution in [0.1, 0.15) is 18.0 Å². The van der Waals surface area contributed by atoms with Crippen LogP contribution in [-0.2, 0) is 4.79 Å². The molecule has 18 heavy (non-hydrogen) atoms. The molecule has 1 amide bonds. The summed E-state index contributed by atoms with van der Waals surface area (Å²) in [4.78, 5) is 15.9. The Bertz CT molecular complexity index is 484. The highest BCUT2D eigenvalue weighted by atomic mass is 32.1. The number of carbonyl (C=O) groups excluding carboxylic acids is 1. The fraction of sp³-hybridized carbons (Fsp3) is 0.231. The van der Waals surface area contributed by atoms with E-state index in [1.807, 2.05) is 42.6 Å². The molecule has 94 valence electrons. The normalized spacial score (nSPS) is 11.8. The van der Waals surface area contributed by atoms with Crippen LogP contribution in [0.15, 0.2) is 41.9 Å². The molecular weight excluding hydrogens is 246 g/mol. The SMILES string of the molecule is CC(NC(=O)CNc1ccccc1)c1nccs1. The van der Waals surface area contributed by atoms with Gasteiger partial charge in [-0.25, -0.2) is 4.98 Å². The smallest absolute Gasteiger partial charge is 0.239 e. The highest BCUT2D eigenvalue weighted by Gasteiger charge is 2.10. The molecule has 4 nitrogen and oxygen atoms in total. The Hall–Kier alpha value is -1.88. The predicted octanol–water partition coefficient (Wildman–Crippen LogP) is 2.43. The molecule has 0 saturated carbocycles. The van der Waals surface area contributed by atoms with Crippen molar-refractivity contribution in [2.24, 2.45) is 0 Å². The lowest BCUT2D eigenvalue weighted by molar-refractivity contribution is -0.120. The molecule has 0 radical (unpaired) electrons. The number of rotatable bonds is 5. The Labute approximate surface area is 110 Å². The van der Waals surface area contributed by atoms with Crippen LogP contribution in [0.25, 0.3) is 0 Å². The first-order chi connectivity index (χ1) is 8.75. The van der Waals surface area contributed by atoms with E-state index in [9.17, 15) is 4.79 Å². The number of hydrogen-bond acceptors (Lipinski definition) is 4. The van der Waals surface area contributed by atoms with Crippen molar-refractivity contribution in [3.8, 4) is 0 Å². The second kappa shape index (κ2) is 6.16. The zero-order valence-electron chi connectivity index (χ0n) is 10.1. The Morgan fingerprint density at radius 2 is 2.17 bits per heavy atom. The lowest BCUT2D eigenvalue weighted by Crippen LogP contribution is -2.31. The average Bonchev–Trinajstić information content (AvgIpc) is 2.91. The number of nitrogens with zero attached hydrogens (tertiary/aromatic N) is 1. The highest BCUT2D eigenvalue weighted by molar-refractivity contribution is 7.09. The number of aromatic nitrogens is 1. The van der Waals surface area contributed by atoms with E-state index in [0.29, 0.717) is 0 Å². The summed E-state index contributed by atoms with van der Waals surface area (Å²) >= 11 is 1.54. The zero-order chi connectivity index (χ0) is 12.8. The summed E-state index contributed by atoms with van der Waals surface area (Å²) in [6.45, 7) is 2.19. The molecule has 0 fully saturated rings. The van der Waals surface area contributed by atoms with Crippen LogP contribution in [0.2, 0.25) is 0 Å². The topological polar surface area (TPSA) is 54.0 Å². The van der Waals surface area contributed by atoms with Gasteiger partial charge in [0.1, 0.15) is 5.01 Å². The number of hydrogen-bond donors (Lipinski definition) is 2. The molecule has 0 aliphatic heterocycles. The molecular formula is C13H15N3OS. The lowest BCUT2D eigenvalue weighted by Gasteiger charge is -2.12. The number of amides is 1. The fourth-order valence-electron chi connectivity index (χ4n) is 1.54. The maximum absolute atomic E-state index is 11.7. The van der Waals surface area contributed by atoms with Gasteiger partial charge in [0, 0.05) is 17.3 Å². The van der Waals surface area contributed by atoms with Crippen LogP contribution in [0, 0.1) is 0 Å². The average molecular weight is 261 g/mol. The van der Waals surface area contributed by atoms with Crippen molar-refractivity contribution in [1.82, 2.24) is 10.3 Å². The van der Waals surface area contributed by atoms with Crippen LogP contribution in [0.5, 0.6) is 0 Å². The van der Waals surface area contributed by atoms with Gasteiger partial charge in [-0.2, -0.15) is 0 Å². The van der Waals surface area contributed by atoms with E-state index < -0.39 is 0 Å². The van der Waals surface area contributed by atoms with Gasteiger partial charge in [-0.1, -0.05) is 18.2 Å². The third kappa shape index (κ3) is 3.56.